The average molecular weight is 271 g/mol. The topological polar surface area (TPSA) is 73.9 Å². The van der Waals surface area contributed by atoms with Crippen LogP contribution in [0.2, 0.25) is 0 Å². The molecule has 1 aromatic carbocycles. The Hall–Kier alpha value is -2.37. The van der Waals surface area contributed by atoms with Gasteiger partial charge in [0.05, 0.1) is 6.54 Å². The van der Waals surface area contributed by atoms with Gasteiger partial charge in [0.15, 0.2) is 0 Å². The number of aromatic amines is 1. The first-order valence-corrected chi connectivity index (χ1v) is 6.65. The molecule has 2 aromatic rings. The number of benzene rings is 1. The van der Waals surface area contributed by atoms with Crippen LogP contribution < -0.4 is 5.32 Å². The molecule has 3 rings (SSSR count). The Morgan fingerprint density at radius 1 is 1.45 bits per heavy atom. The van der Waals surface area contributed by atoms with Gasteiger partial charge in [0.2, 0.25) is 5.91 Å². The number of amides is 1. The maximum Gasteiger partial charge on any atom is 0.223 e. The molecule has 20 heavy (non-hydrogen) atoms. The molecule has 6 nitrogen and oxygen atoms in total. The van der Waals surface area contributed by atoms with Crippen molar-refractivity contribution < 1.29 is 4.79 Å². The van der Waals surface area contributed by atoms with Gasteiger partial charge in [0.25, 0.3) is 0 Å². The van der Waals surface area contributed by atoms with Crippen molar-refractivity contribution in [3.8, 4) is 0 Å². The lowest BCUT2D eigenvalue weighted by atomic mass is 9.97. The zero-order valence-electron chi connectivity index (χ0n) is 11.3. The van der Waals surface area contributed by atoms with Crippen LogP contribution in [-0.2, 0) is 11.3 Å². The number of hydrogen-bond donors (Lipinski definition) is 2. The second-order valence-electron chi connectivity index (χ2n) is 5.05. The van der Waals surface area contributed by atoms with Gasteiger partial charge >= 0.3 is 0 Å². The fraction of sp³-hybridized carbons (Fsp3) is 0.357. The molecule has 0 spiro atoms. The first kappa shape index (κ1) is 12.7. The van der Waals surface area contributed by atoms with E-state index in [9.17, 15) is 4.79 Å². The highest BCUT2D eigenvalue weighted by atomic mass is 16.2. The van der Waals surface area contributed by atoms with Crippen LogP contribution in [0.4, 0.5) is 5.69 Å². The summed E-state index contributed by atoms with van der Waals surface area (Å²) in [5.74, 6) is 1.06. The summed E-state index contributed by atoms with van der Waals surface area (Å²) in [4.78, 5) is 18.0. The van der Waals surface area contributed by atoms with E-state index in [0.29, 0.717) is 18.8 Å². The molecule has 1 amide bonds. The summed E-state index contributed by atoms with van der Waals surface area (Å²) in [5.41, 5.74) is 2.37. The SMILES string of the molecule is CN(Cc1ncn[nH]1)C(=O)CC1CNc2ccccc21. The molecule has 1 aliphatic heterocycles. The maximum atomic E-state index is 12.3. The normalized spacial score (nSPS) is 16.6. The number of fused-ring (bicyclic) bond motifs is 1. The number of nitrogens with one attached hydrogen (secondary N) is 2. The van der Waals surface area contributed by atoms with Crippen molar-refractivity contribution in [3.63, 3.8) is 0 Å². The van der Waals surface area contributed by atoms with Crippen molar-refractivity contribution in [2.24, 2.45) is 0 Å². The van der Waals surface area contributed by atoms with Gasteiger partial charge in [-0.25, -0.2) is 4.98 Å². The summed E-state index contributed by atoms with van der Waals surface area (Å²) < 4.78 is 0. The number of hydrogen-bond acceptors (Lipinski definition) is 4. The number of anilines is 1. The lowest BCUT2D eigenvalue weighted by Crippen LogP contribution is -2.28. The molecule has 0 fully saturated rings. The van der Waals surface area contributed by atoms with Crippen molar-refractivity contribution in [1.29, 1.82) is 0 Å². The second kappa shape index (κ2) is 5.32. The molecular weight excluding hydrogens is 254 g/mol. The molecule has 1 aliphatic rings. The van der Waals surface area contributed by atoms with E-state index in [1.165, 1.54) is 11.9 Å². The predicted octanol–water partition coefficient (Wildman–Crippen LogP) is 1.36. The highest BCUT2D eigenvalue weighted by molar-refractivity contribution is 5.78. The molecule has 0 radical (unpaired) electrons. The van der Waals surface area contributed by atoms with Gasteiger partial charge in [-0.1, -0.05) is 18.2 Å². The molecule has 0 saturated carbocycles. The van der Waals surface area contributed by atoms with Crippen LogP contribution >= 0.6 is 0 Å². The highest BCUT2D eigenvalue weighted by Gasteiger charge is 2.25. The van der Waals surface area contributed by atoms with Gasteiger partial charge in [0.1, 0.15) is 12.2 Å². The summed E-state index contributed by atoms with van der Waals surface area (Å²) in [7, 11) is 1.79. The molecule has 0 bridgehead atoms. The number of para-hydroxylation sites is 1. The Morgan fingerprint density at radius 2 is 2.30 bits per heavy atom. The lowest BCUT2D eigenvalue weighted by molar-refractivity contribution is -0.130. The van der Waals surface area contributed by atoms with Crippen LogP contribution in [0.3, 0.4) is 0 Å². The van der Waals surface area contributed by atoms with E-state index >= 15 is 0 Å². The standard InChI is InChI=1S/C14H17N5O/c1-19(8-13-16-9-17-18-13)14(20)6-10-7-15-12-5-3-2-4-11(10)12/h2-5,9-10,15H,6-8H2,1H3,(H,16,17,18). The Labute approximate surface area is 117 Å². The van der Waals surface area contributed by atoms with E-state index in [2.05, 4.69) is 32.6 Å². The first-order chi connectivity index (χ1) is 9.74. The fourth-order valence-corrected chi connectivity index (χ4v) is 2.53. The molecule has 104 valence electrons. The third-order valence-electron chi connectivity index (χ3n) is 3.64. The third-order valence-corrected chi connectivity index (χ3v) is 3.64. The zero-order valence-corrected chi connectivity index (χ0v) is 11.3. The van der Waals surface area contributed by atoms with Gasteiger partial charge in [-0.05, 0) is 11.6 Å². The van der Waals surface area contributed by atoms with Gasteiger partial charge < -0.3 is 10.2 Å². The Morgan fingerprint density at radius 3 is 3.10 bits per heavy atom. The Bertz CT molecular complexity index is 595. The van der Waals surface area contributed by atoms with Crippen LogP contribution in [0.15, 0.2) is 30.6 Å². The quantitative estimate of drug-likeness (QED) is 0.880. The largest absolute Gasteiger partial charge is 0.384 e. The average Bonchev–Trinajstić information content (AvgIpc) is 3.09. The number of nitrogens with zero attached hydrogens (tertiary/aromatic N) is 3. The number of rotatable bonds is 4. The van der Waals surface area contributed by atoms with Gasteiger partial charge in [-0.2, -0.15) is 5.10 Å². The van der Waals surface area contributed by atoms with Crippen molar-refractivity contribution in [1.82, 2.24) is 20.1 Å². The van der Waals surface area contributed by atoms with Crippen LogP contribution in [0.1, 0.15) is 23.7 Å². The first-order valence-electron chi connectivity index (χ1n) is 6.65. The van der Waals surface area contributed by atoms with Crippen LogP contribution in [-0.4, -0.2) is 39.6 Å². The molecule has 6 heteroatoms. The van der Waals surface area contributed by atoms with Gasteiger partial charge in [-0.3, -0.25) is 9.89 Å². The lowest BCUT2D eigenvalue weighted by Gasteiger charge is -2.18. The van der Waals surface area contributed by atoms with Crippen molar-refractivity contribution in [2.75, 3.05) is 18.9 Å². The van der Waals surface area contributed by atoms with Crippen LogP contribution in [0, 0.1) is 0 Å². The molecule has 0 saturated heterocycles. The Kier molecular flexibility index (Phi) is 3.37. The van der Waals surface area contributed by atoms with E-state index < -0.39 is 0 Å². The minimum Gasteiger partial charge on any atom is -0.384 e. The summed E-state index contributed by atoms with van der Waals surface area (Å²) in [6, 6.07) is 8.16. The summed E-state index contributed by atoms with van der Waals surface area (Å²) in [6.45, 7) is 1.28. The van der Waals surface area contributed by atoms with Gasteiger partial charge in [-0.15, -0.1) is 0 Å². The number of aromatic nitrogens is 3. The second-order valence-corrected chi connectivity index (χ2v) is 5.05. The molecule has 2 N–H and O–H groups in total. The summed E-state index contributed by atoms with van der Waals surface area (Å²) >= 11 is 0. The van der Waals surface area contributed by atoms with E-state index in [-0.39, 0.29) is 11.8 Å². The van der Waals surface area contributed by atoms with Crippen molar-refractivity contribution >= 4 is 11.6 Å². The summed E-state index contributed by atoms with van der Waals surface area (Å²) in [6.07, 6.45) is 1.96. The van der Waals surface area contributed by atoms with Crippen LogP contribution in [0.25, 0.3) is 0 Å². The van der Waals surface area contributed by atoms with Crippen molar-refractivity contribution in [2.45, 2.75) is 18.9 Å². The number of carbonyl (C=O) groups is 1. The number of carbonyl (C=O) groups excluding carboxylic acids is 1. The van der Waals surface area contributed by atoms with E-state index in [1.807, 2.05) is 12.1 Å². The number of H-pyrrole nitrogens is 1. The zero-order chi connectivity index (χ0) is 13.9. The van der Waals surface area contributed by atoms with Gasteiger partial charge in [0, 0.05) is 31.6 Å². The summed E-state index contributed by atoms with van der Waals surface area (Å²) in [5, 5.41) is 9.89. The van der Waals surface area contributed by atoms with E-state index in [0.717, 1.165) is 12.2 Å². The van der Waals surface area contributed by atoms with E-state index in [1.54, 1.807) is 11.9 Å². The Balaban J connectivity index is 1.62. The third kappa shape index (κ3) is 2.49. The molecule has 0 aliphatic carbocycles. The molecule has 2 heterocycles. The monoisotopic (exact) mass is 271 g/mol. The van der Waals surface area contributed by atoms with Crippen molar-refractivity contribution in [3.05, 3.63) is 42.0 Å². The molecule has 1 atom stereocenters. The minimum atomic E-state index is 0.116. The molecular formula is C14H17N5O. The fourth-order valence-electron chi connectivity index (χ4n) is 2.53. The maximum absolute atomic E-state index is 12.3. The highest BCUT2D eigenvalue weighted by Crippen LogP contribution is 2.33. The smallest absolute Gasteiger partial charge is 0.223 e. The predicted molar refractivity (Wildman–Crippen MR) is 75.1 cm³/mol. The van der Waals surface area contributed by atoms with Crippen LogP contribution in [0.5, 0.6) is 0 Å². The molecule has 1 unspecified atom stereocenters. The molecule has 1 aromatic heterocycles. The minimum absolute atomic E-state index is 0.116. The van der Waals surface area contributed by atoms with E-state index in [4.69, 9.17) is 0 Å².